The number of sulfonamides is 1. The summed E-state index contributed by atoms with van der Waals surface area (Å²) in [4.78, 5) is 12.2. The van der Waals surface area contributed by atoms with Gasteiger partial charge in [-0.15, -0.1) is 0 Å². The van der Waals surface area contributed by atoms with Crippen molar-refractivity contribution in [1.82, 2.24) is 0 Å². The number of primary sulfonamides is 1. The van der Waals surface area contributed by atoms with Crippen molar-refractivity contribution in [3.63, 3.8) is 0 Å². The van der Waals surface area contributed by atoms with Crippen LogP contribution in [0.4, 0.5) is 8.78 Å². The predicted molar refractivity (Wildman–Crippen MR) is 120 cm³/mol. The molecule has 6 nitrogen and oxygen atoms in total. The summed E-state index contributed by atoms with van der Waals surface area (Å²) in [5.41, 5.74) is 6.18. The zero-order chi connectivity index (χ0) is 22.8. The maximum absolute atomic E-state index is 14.3. The maximum atomic E-state index is 14.3. The molecule has 0 atom stereocenters. The standard InChI is InChI=1S/C21H17F2IN2O4S/c22-15-8-14(7-13-4-5-16(24)10-18(13)23)20(21(25)27)19(9-15)30-17-3-1-2-12(6-17)11-31(26,28)29/h1-6,8-10H,7,11H2,(H2,25,27)(H2,26,28,29). The molecule has 31 heavy (non-hydrogen) atoms. The highest BCUT2D eigenvalue weighted by Gasteiger charge is 2.20. The molecule has 0 spiro atoms. The summed E-state index contributed by atoms with van der Waals surface area (Å²) in [6.07, 6.45) is -0.0827. The van der Waals surface area contributed by atoms with Crippen LogP contribution in [-0.4, -0.2) is 14.3 Å². The Balaban J connectivity index is 2.01. The van der Waals surface area contributed by atoms with E-state index in [1.54, 1.807) is 12.1 Å². The van der Waals surface area contributed by atoms with Crippen LogP contribution in [0.1, 0.15) is 27.0 Å². The summed E-state index contributed by atoms with van der Waals surface area (Å²) in [5, 5.41) is 5.06. The number of ether oxygens (including phenoxy) is 1. The van der Waals surface area contributed by atoms with Gasteiger partial charge in [-0.25, -0.2) is 22.3 Å². The third-order valence-electron chi connectivity index (χ3n) is 4.29. The van der Waals surface area contributed by atoms with Gasteiger partial charge in [-0.05, 0) is 69.6 Å². The van der Waals surface area contributed by atoms with E-state index >= 15 is 0 Å². The summed E-state index contributed by atoms with van der Waals surface area (Å²) in [5.74, 6) is -2.52. The van der Waals surface area contributed by atoms with Gasteiger partial charge in [0.25, 0.3) is 5.91 Å². The molecule has 4 N–H and O–H groups in total. The second-order valence-corrected chi connectivity index (χ2v) is 9.63. The molecule has 0 heterocycles. The van der Waals surface area contributed by atoms with Crippen LogP contribution < -0.4 is 15.6 Å². The molecule has 1 amide bonds. The first kappa shape index (κ1) is 23.1. The van der Waals surface area contributed by atoms with E-state index in [0.29, 0.717) is 9.13 Å². The number of rotatable bonds is 7. The molecule has 0 aromatic heterocycles. The van der Waals surface area contributed by atoms with Crippen LogP contribution in [0.15, 0.2) is 54.6 Å². The molecule has 0 fully saturated rings. The molecule has 0 unspecified atom stereocenters. The summed E-state index contributed by atoms with van der Waals surface area (Å²) in [6.45, 7) is 0. The Morgan fingerprint density at radius 3 is 2.42 bits per heavy atom. The monoisotopic (exact) mass is 558 g/mol. The summed E-state index contributed by atoms with van der Waals surface area (Å²) in [7, 11) is -3.77. The topological polar surface area (TPSA) is 112 Å². The minimum atomic E-state index is -3.77. The number of nitrogens with two attached hydrogens (primary N) is 2. The Bertz CT molecular complexity index is 1270. The van der Waals surface area contributed by atoms with Gasteiger partial charge in [0.05, 0.1) is 11.3 Å². The minimum Gasteiger partial charge on any atom is -0.456 e. The molecule has 3 aromatic rings. The first-order valence-corrected chi connectivity index (χ1v) is 11.6. The van der Waals surface area contributed by atoms with Gasteiger partial charge in [0, 0.05) is 16.1 Å². The molecule has 10 heteroatoms. The van der Waals surface area contributed by atoms with E-state index in [1.165, 1.54) is 30.3 Å². The van der Waals surface area contributed by atoms with Crippen LogP contribution in [-0.2, 0) is 22.2 Å². The van der Waals surface area contributed by atoms with Crippen molar-refractivity contribution in [1.29, 1.82) is 0 Å². The van der Waals surface area contributed by atoms with Crippen molar-refractivity contribution < 1.29 is 26.7 Å². The number of amides is 1. The second kappa shape index (κ2) is 9.28. The van der Waals surface area contributed by atoms with E-state index in [-0.39, 0.29) is 34.6 Å². The zero-order valence-electron chi connectivity index (χ0n) is 15.9. The molecule has 0 radical (unpaired) electrons. The van der Waals surface area contributed by atoms with Gasteiger partial charge in [0.2, 0.25) is 10.0 Å². The minimum absolute atomic E-state index is 0.0827. The van der Waals surface area contributed by atoms with Crippen LogP contribution >= 0.6 is 22.6 Å². The number of carbonyl (C=O) groups is 1. The van der Waals surface area contributed by atoms with Gasteiger partial charge >= 0.3 is 0 Å². The van der Waals surface area contributed by atoms with Crippen LogP contribution in [0.3, 0.4) is 0 Å². The molecular weight excluding hydrogens is 541 g/mol. The van der Waals surface area contributed by atoms with Gasteiger partial charge in [0.1, 0.15) is 23.1 Å². The molecule has 3 aromatic carbocycles. The van der Waals surface area contributed by atoms with Crippen molar-refractivity contribution >= 4 is 38.5 Å². The van der Waals surface area contributed by atoms with Crippen LogP contribution in [0.2, 0.25) is 0 Å². The third-order valence-corrected chi connectivity index (χ3v) is 5.69. The largest absolute Gasteiger partial charge is 0.456 e. The zero-order valence-corrected chi connectivity index (χ0v) is 18.9. The molecule has 0 saturated heterocycles. The lowest BCUT2D eigenvalue weighted by molar-refractivity contribution is 0.0997. The van der Waals surface area contributed by atoms with E-state index in [2.05, 4.69) is 0 Å². The first-order valence-electron chi connectivity index (χ1n) is 8.85. The lowest BCUT2D eigenvalue weighted by atomic mass is 9.98. The number of carbonyl (C=O) groups excluding carboxylic acids is 1. The van der Waals surface area contributed by atoms with Gasteiger partial charge in [-0.2, -0.15) is 0 Å². The van der Waals surface area contributed by atoms with Crippen molar-refractivity contribution in [2.24, 2.45) is 10.9 Å². The maximum Gasteiger partial charge on any atom is 0.252 e. The fourth-order valence-corrected chi connectivity index (χ4v) is 4.16. The molecule has 0 aliphatic rings. The first-order chi connectivity index (χ1) is 14.5. The van der Waals surface area contributed by atoms with E-state index in [4.69, 9.17) is 15.6 Å². The smallest absolute Gasteiger partial charge is 0.252 e. The van der Waals surface area contributed by atoms with E-state index in [9.17, 15) is 22.0 Å². The molecule has 162 valence electrons. The highest BCUT2D eigenvalue weighted by molar-refractivity contribution is 14.1. The quantitative estimate of drug-likeness (QED) is 0.430. The Morgan fingerprint density at radius 1 is 1.03 bits per heavy atom. The number of halogens is 3. The lowest BCUT2D eigenvalue weighted by Gasteiger charge is -2.15. The van der Waals surface area contributed by atoms with Crippen molar-refractivity contribution in [2.45, 2.75) is 12.2 Å². The summed E-state index contributed by atoms with van der Waals surface area (Å²) >= 11 is 1.96. The Kier molecular flexibility index (Phi) is 6.92. The van der Waals surface area contributed by atoms with Gasteiger partial charge < -0.3 is 10.5 Å². The van der Waals surface area contributed by atoms with Crippen molar-refractivity contribution in [2.75, 3.05) is 0 Å². The van der Waals surface area contributed by atoms with E-state index in [1.807, 2.05) is 22.6 Å². The molecule has 0 aliphatic heterocycles. The van der Waals surface area contributed by atoms with Crippen molar-refractivity contribution in [3.8, 4) is 11.5 Å². The average Bonchev–Trinajstić information content (AvgIpc) is 2.62. The second-order valence-electron chi connectivity index (χ2n) is 6.77. The molecular formula is C21H17F2IN2O4S. The normalized spacial score (nSPS) is 11.4. The number of primary amides is 1. The Hall–Kier alpha value is -2.57. The number of hydrogen-bond donors (Lipinski definition) is 2. The summed E-state index contributed by atoms with van der Waals surface area (Å²) in [6, 6.07) is 12.6. The van der Waals surface area contributed by atoms with Crippen LogP contribution in [0.5, 0.6) is 11.5 Å². The fraction of sp³-hybridized carbons (Fsp3) is 0.0952. The highest BCUT2D eigenvalue weighted by Crippen LogP contribution is 2.31. The van der Waals surface area contributed by atoms with E-state index in [0.717, 1.165) is 12.1 Å². The molecule has 0 aliphatic carbocycles. The van der Waals surface area contributed by atoms with Crippen LogP contribution in [0, 0.1) is 15.2 Å². The number of benzene rings is 3. The fourth-order valence-electron chi connectivity index (χ4n) is 3.06. The van der Waals surface area contributed by atoms with Gasteiger partial charge in [-0.1, -0.05) is 18.2 Å². The average molecular weight is 558 g/mol. The molecule has 0 bridgehead atoms. The molecule has 0 saturated carbocycles. The predicted octanol–water partition coefficient (Wildman–Crippen LogP) is 3.84. The third kappa shape index (κ3) is 6.21. The number of hydrogen-bond acceptors (Lipinski definition) is 4. The Morgan fingerprint density at radius 2 is 1.77 bits per heavy atom. The Labute approximate surface area is 191 Å². The van der Waals surface area contributed by atoms with E-state index < -0.39 is 33.3 Å². The van der Waals surface area contributed by atoms with Crippen LogP contribution in [0.25, 0.3) is 0 Å². The summed E-state index contributed by atoms with van der Waals surface area (Å²) < 4.78 is 57.6. The lowest BCUT2D eigenvalue weighted by Crippen LogP contribution is -2.16. The SMILES string of the molecule is NC(=O)c1c(Cc2ccc(I)cc2F)cc(F)cc1Oc1cccc(CS(N)(=O)=O)c1. The molecule has 3 rings (SSSR count). The van der Waals surface area contributed by atoms with Crippen molar-refractivity contribution in [3.05, 3.63) is 92.1 Å². The van der Waals surface area contributed by atoms with Gasteiger partial charge in [0.15, 0.2) is 0 Å². The highest BCUT2D eigenvalue weighted by atomic mass is 127. The van der Waals surface area contributed by atoms with Gasteiger partial charge in [-0.3, -0.25) is 4.79 Å².